The van der Waals surface area contributed by atoms with Crippen molar-refractivity contribution in [1.82, 2.24) is 25.4 Å². The topological polar surface area (TPSA) is 192 Å². The molecule has 3 atom stereocenters. The number of carbonyl (C=O) groups is 4. The number of hydrogen-bond donors (Lipinski definition) is 5. The van der Waals surface area contributed by atoms with Crippen LogP contribution in [0.4, 0.5) is 13.2 Å². The Morgan fingerprint density at radius 2 is 2.05 bits per heavy atom. The van der Waals surface area contributed by atoms with E-state index in [0.717, 1.165) is 34.9 Å². The van der Waals surface area contributed by atoms with Crippen molar-refractivity contribution < 1.29 is 42.6 Å². The number of alkyl halides is 3. The Labute approximate surface area is 220 Å². The van der Waals surface area contributed by atoms with Gasteiger partial charge in [0, 0.05) is 11.5 Å². The van der Waals surface area contributed by atoms with Crippen LogP contribution in [-0.4, -0.2) is 77.0 Å². The molecule has 0 saturated carbocycles. The minimum Gasteiger partial charge on any atom is -0.481 e. The van der Waals surface area contributed by atoms with E-state index in [-0.39, 0.29) is 40.2 Å². The minimum atomic E-state index is -4.63. The van der Waals surface area contributed by atoms with Crippen LogP contribution >= 0.6 is 23.5 Å². The van der Waals surface area contributed by atoms with Gasteiger partial charge in [0.15, 0.2) is 0 Å². The molecule has 2 aromatic rings. The number of thioether (sulfide) groups is 2. The molecule has 1 saturated heterocycles. The molecular weight excluding hydrogens is 553 g/mol. The van der Waals surface area contributed by atoms with Gasteiger partial charge in [0.1, 0.15) is 35.4 Å². The third-order valence-electron chi connectivity index (χ3n) is 5.61. The molecule has 12 nitrogen and oxygen atoms in total. The monoisotopic (exact) mass is 572 g/mol. The van der Waals surface area contributed by atoms with E-state index in [2.05, 4.69) is 20.5 Å². The number of H-pyrrole nitrogens is 1. The predicted octanol–water partition coefficient (Wildman–Crippen LogP) is 0.981. The second-order valence-corrected chi connectivity index (χ2v) is 10.2. The number of carboxylic acids is 2. The molecule has 0 spiro atoms. The Morgan fingerprint density at radius 1 is 1.32 bits per heavy atom. The lowest BCUT2D eigenvalue weighted by atomic mass is 10.0. The van der Waals surface area contributed by atoms with Crippen LogP contribution in [0.2, 0.25) is 0 Å². The number of amides is 2. The van der Waals surface area contributed by atoms with Crippen LogP contribution in [0.25, 0.3) is 0 Å². The number of carboxylic acid groups (broad SMARTS) is 2. The number of nitrogens with zero attached hydrogens (tertiary/aromatic N) is 3. The lowest BCUT2D eigenvalue weighted by molar-refractivity contribution is -0.150. The molecule has 38 heavy (non-hydrogen) atoms. The zero-order chi connectivity index (χ0) is 27.8. The van der Waals surface area contributed by atoms with Crippen molar-refractivity contribution in [3.05, 3.63) is 52.5 Å². The van der Waals surface area contributed by atoms with Gasteiger partial charge in [-0.25, -0.2) is 9.78 Å². The van der Waals surface area contributed by atoms with Crippen LogP contribution in [0.5, 0.6) is 0 Å². The van der Waals surface area contributed by atoms with Gasteiger partial charge in [0.25, 0.3) is 5.91 Å². The highest BCUT2D eigenvalue weighted by atomic mass is 32.2. The van der Waals surface area contributed by atoms with Crippen molar-refractivity contribution in [2.75, 3.05) is 11.5 Å². The molecule has 1 fully saturated rings. The fourth-order valence-corrected chi connectivity index (χ4v) is 6.12. The number of halogens is 3. The molecule has 1 aromatic carbocycles. The molecule has 6 N–H and O–H groups in total. The Hall–Kier alpha value is -3.57. The van der Waals surface area contributed by atoms with Crippen molar-refractivity contribution >= 4 is 47.3 Å². The lowest BCUT2D eigenvalue weighted by Crippen LogP contribution is -2.71. The maximum absolute atomic E-state index is 13.0. The molecule has 2 amide bonds. The van der Waals surface area contributed by atoms with E-state index in [9.17, 15) is 37.5 Å². The summed E-state index contributed by atoms with van der Waals surface area (Å²) in [7, 11) is 0. The molecule has 17 heteroatoms. The Bertz CT molecular complexity index is 1330. The van der Waals surface area contributed by atoms with Crippen LogP contribution in [0.1, 0.15) is 23.0 Å². The molecule has 0 radical (unpaired) electrons. The number of β-lactam (4-membered cyclic amide) rings is 1. The first-order valence-electron chi connectivity index (χ1n) is 10.8. The Balaban J connectivity index is 1.43. The van der Waals surface area contributed by atoms with Crippen LogP contribution in [0.3, 0.4) is 0 Å². The van der Waals surface area contributed by atoms with Gasteiger partial charge in [0.05, 0.1) is 5.56 Å². The van der Waals surface area contributed by atoms with Crippen LogP contribution in [0, 0.1) is 0 Å². The van der Waals surface area contributed by atoms with Crippen molar-refractivity contribution in [3.63, 3.8) is 0 Å². The second-order valence-electron chi connectivity index (χ2n) is 8.18. The van der Waals surface area contributed by atoms with E-state index < -0.39 is 53.0 Å². The Morgan fingerprint density at radius 3 is 2.71 bits per heavy atom. The highest BCUT2D eigenvalue weighted by molar-refractivity contribution is 8.01. The zero-order valence-electron chi connectivity index (χ0n) is 19.1. The van der Waals surface area contributed by atoms with Gasteiger partial charge in [0.2, 0.25) is 11.1 Å². The quantitative estimate of drug-likeness (QED) is 0.213. The maximum atomic E-state index is 13.0. The summed E-state index contributed by atoms with van der Waals surface area (Å²) in [5, 5.41) is 26.8. The van der Waals surface area contributed by atoms with Gasteiger partial charge >= 0.3 is 18.1 Å². The number of aromatic amines is 1. The van der Waals surface area contributed by atoms with E-state index in [1.807, 2.05) is 0 Å². The largest absolute Gasteiger partial charge is 0.481 e. The number of fused-ring (bicyclic) bond motifs is 1. The van der Waals surface area contributed by atoms with Crippen molar-refractivity contribution in [3.8, 4) is 0 Å². The number of benzene rings is 1. The first-order valence-corrected chi connectivity index (χ1v) is 12.8. The average molecular weight is 573 g/mol. The lowest BCUT2D eigenvalue weighted by Gasteiger charge is -2.49. The number of rotatable bonds is 9. The zero-order valence-corrected chi connectivity index (χ0v) is 20.7. The average Bonchev–Trinajstić information content (AvgIpc) is 3.30. The number of nitrogens with two attached hydrogens (primary N) is 1. The third-order valence-corrected chi connectivity index (χ3v) is 7.88. The van der Waals surface area contributed by atoms with Crippen LogP contribution < -0.4 is 11.1 Å². The maximum Gasteiger partial charge on any atom is 0.416 e. The smallest absolute Gasteiger partial charge is 0.416 e. The van der Waals surface area contributed by atoms with Crippen LogP contribution in [0.15, 0.2) is 40.7 Å². The summed E-state index contributed by atoms with van der Waals surface area (Å²) in [5.41, 5.74) is 4.92. The van der Waals surface area contributed by atoms with Gasteiger partial charge in [-0.1, -0.05) is 23.9 Å². The van der Waals surface area contributed by atoms with E-state index in [4.69, 9.17) is 10.8 Å². The van der Waals surface area contributed by atoms with E-state index in [1.165, 1.54) is 17.8 Å². The molecule has 1 aromatic heterocycles. The summed E-state index contributed by atoms with van der Waals surface area (Å²) in [6, 6.07) is 1.38. The van der Waals surface area contributed by atoms with E-state index in [1.54, 1.807) is 0 Å². The summed E-state index contributed by atoms with van der Waals surface area (Å²) in [4.78, 5) is 53.3. The van der Waals surface area contributed by atoms with Crippen molar-refractivity contribution in [1.29, 1.82) is 0 Å². The van der Waals surface area contributed by atoms with Gasteiger partial charge in [-0.2, -0.15) is 13.2 Å². The van der Waals surface area contributed by atoms with Gasteiger partial charge in [-0.15, -0.1) is 16.9 Å². The van der Waals surface area contributed by atoms with Gasteiger partial charge < -0.3 is 21.3 Å². The number of nitrogens with one attached hydrogen (secondary N) is 2. The minimum absolute atomic E-state index is 0.0961. The fraction of sp³-hybridized carbons (Fsp3) is 0.333. The number of hydrogen-bond acceptors (Lipinski definition) is 9. The summed E-state index contributed by atoms with van der Waals surface area (Å²) in [6.45, 7) is 0. The van der Waals surface area contributed by atoms with Crippen molar-refractivity contribution in [2.45, 2.75) is 35.2 Å². The number of carbonyl (C=O) groups excluding carboxylic acids is 2. The first kappa shape index (κ1) is 27.5. The highest BCUT2D eigenvalue weighted by Crippen LogP contribution is 2.41. The number of aromatic nitrogens is 3. The summed E-state index contributed by atoms with van der Waals surface area (Å²) < 4.78 is 39.0. The molecule has 0 aliphatic carbocycles. The van der Waals surface area contributed by atoms with Gasteiger partial charge in [-0.05, 0) is 23.3 Å². The SMILES string of the molecule is NC(C(=O)NC1C(=O)N2C(C(=O)O)=C(CSc3n[nH]c(CC(=O)O)n3)CS[C@H]12)c1cccc(C(F)(F)F)c1. The van der Waals surface area contributed by atoms with E-state index >= 15 is 0 Å². The van der Waals surface area contributed by atoms with Crippen molar-refractivity contribution in [2.24, 2.45) is 5.73 Å². The molecule has 2 aliphatic rings. The molecule has 202 valence electrons. The van der Waals surface area contributed by atoms with Gasteiger partial charge in [-0.3, -0.25) is 24.4 Å². The summed E-state index contributed by atoms with van der Waals surface area (Å²) in [6.07, 6.45) is -4.99. The predicted molar refractivity (Wildman–Crippen MR) is 127 cm³/mol. The first-order chi connectivity index (χ1) is 17.9. The second kappa shape index (κ2) is 10.7. The molecule has 3 heterocycles. The molecule has 0 bridgehead atoms. The molecule has 2 unspecified atom stereocenters. The normalized spacial score (nSPS) is 20.0. The third kappa shape index (κ3) is 5.63. The molecule has 4 rings (SSSR count). The fourth-order valence-electron chi connectivity index (χ4n) is 3.81. The highest BCUT2D eigenvalue weighted by Gasteiger charge is 2.54. The molecule has 2 aliphatic heterocycles. The summed E-state index contributed by atoms with van der Waals surface area (Å²) in [5.74, 6) is -3.61. The molecular formula is C21H19F3N6O6S2. The van der Waals surface area contributed by atoms with E-state index in [0.29, 0.717) is 5.57 Å². The summed E-state index contributed by atoms with van der Waals surface area (Å²) >= 11 is 2.25. The van der Waals surface area contributed by atoms with Crippen LogP contribution in [-0.2, 0) is 31.8 Å². The standard InChI is InChI=1S/C21H19F3N6O6S2/c22-21(23,24)10-3-1-2-8(4-10)13(25)16(33)27-14-17(34)30-15(19(35)36)9(6-37-18(14)30)7-38-20-26-11(28-29-20)5-12(31)32/h1-4,13-14,18H,5-7,25H2,(H,27,33)(H,31,32)(H,35,36)(H,26,28,29)/t13?,14?,18-/m1/s1. The number of aliphatic carboxylic acids is 2. The Kier molecular flexibility index (Phi) is 7.70.